The van der Waals surface area contributed by atoms with Gasteiger partial charge in [0.2, 0.25) is 0 Å². The van der Waals surface area contributed by atoms with E-state index in [2.05, 4.69) is 52.6 Å². The Labute approximate surface area is 98.8 Å². The van der Waals surface area contributed by atoms with Crippen molar-refractivity contribution in [3.63, 3.8) is 0 Å². The van der Waals surface area contributed by atoms with Gasteiger partial charge in [-0.1, -0.05) is 35.0 Å². The van der Waals surface area contributed by atoms with Crippen LogP contribution in [0.2, 0.25) is 0 Å². The minimum Gasteiger partial charge on any atom is -0.312 e. The van der Waals surface area contributed by atoms with E-state index in [1.807, 2.05) is 17.8 Å². The summed E-state index contributed by atoms with van der Waals surface area (Å²) in [5, 5.41) is 4.12. The fourth-order valence-corrected chi connectivity index (χ4v) is 1.88. The summed E-state index contributed by atoms with van der Waals surface area (Å²) in [5.74, 6) is 0. The summed E-state index contributed by atoms with van der Waals surface area (Å²) in [5.41, 5.74) is 1.33. The first-order valence-electron chi connectivity index (χ1n) is 4.70. The highest BCUT2D eigenvalue weighted by atomic mass is 79.9. The van der Waals surface area contributed by atoms with E-state index in [-0.39, 0.29) is 0 Å². The van der Waals surface area contributed by atoms with Crippen molar-refractivity contribution in [1.82, 2.24) is 5.32 Å². The first-order valence-corrected chi connectivity index (χ1v) is 6.78. The first-order chi connectivity index (χ1) is 6.72. The second-order valence-electron chi connectivity index (χ2n) is 3.31. The summed E-state index contributed by atoms with van der Waals surface area (Å²) in [6.45, 7) is 4.25. The molecule has 1 nitrogen and oxygen atoms in total. The molecular weight excluding hydrogens is 258 g/mol. The number of hydrogen-bond acceptors (Lipinski definition) is 2. The number of hydrogen-bond donors (Lipinski definition) is 1. The highest BCUT2D eigenvalue weighted by Gasteiger charge is 1.98. The average Bonchev–Trinajstić information content (AvgIpc) is 2.17. The van der Waals surface area contributed by atoms with E-state index in [9.17, 15) is 0 Å². The van der Waals surface area contributed by atoms with Gasteiger partial charge in [0, 0.05) is 22.8 Å². The lowest BCUT2D eigenvalue weighted by Crippen LogP contribution is -2.21. The minimum atomic E-state index is 0.683. The van der Waals surface area contributed by atoms with E-state index in [0.717, 1.165) is 17.6 Å². The lowest BCUT2D eigenvalue weighted by Gasteiger charge is -2.09. The van der Waals surface area contributed by atoms with Crippen LogP contribution in [0.25, 0.3) is 0 Å². The predicted molar refractivity (Wildman–Crippen MR) is 68.8 cm³/mol. The van der Waals surface area contributed by atoms with Gasteiger partial charge in [-0.15, -0.1) is 0 Å². The van der Waals surface area contributed by atoms with Crippen molar-refractivity contribution in [3.05, 3.63) is 34.3 Å². The van der Waals surface area contributed by atoms with E-state index in [1.165, 1.54) is 5.56 Å². The zero-order valence-corrected chi connectivity index (χ0v) is 11.0. The molecule has 0 spiro atoms. The fourth-order valence-electron chi connectivity index (χ4n) is 1.15. The van der Waals surface area contributed by atoms with Crippen LogP contribution in [-0.2, 0) is 6.54 Å². The maximum absolute atomic E-state index is 3.46. The van der Waals surface area contributed by atoms with Gasteiger partial charge in [0.1, 0.15) is 0 Å². The second kappa shape index (κ2) is 6.49. The van der Waals surface area contributed by atoms with E-state index in [1.54, 1.807) is 0 Å². The number of rotatable bonds is 5. The van der Waals surface area contributed by atoms with Crippen LogP contribution in [0.4, 0.5) is 0 Å². The van der Waals surface area contributed by atoms with Crippen LogP contribution in [0.3, 0.4) is 0 Å². The molecule has 0 heterocycles. The van der Waals surface area contributed by atoms with Crippen LogP contribution >= 0.6 is 27.7 Å². The van der Waals surface area contributed by atoms with E-state index in [4.69, 9.17) is 0 Å². The molecule has 0 aliphatic heterocycles. The van der Waals surface area contributed by atoms with Gasteiger partial charge in [0.25, 0.3) is 0 Å². The molecule has 1 unspecified atom stereocenters. The molecule has 1 rings (SSSR count). The Kier molecular flexibility index (Phi) is 5.60. The van der Waals surface area contributed by atoms with Crippen molar-refractivity contribution in [3.8, 4) is 0 Å². The van der Waals surface area contributed by atoms with Crippen LogP contribution in [0.5, 0.6) is 0 Å². The number of nitrogens with one attached hydrogen (secondary N) is 1. The third-order valence-electron chi connectivity index (χ3n) is 2.05. The van der Waals surface area contributed by atoms with Gasteiger partial charge in [-0.3, -0.25) is 0 Å². The van der Waals surface area contributed by atoms with Gasteiger partial charge < -0.3 is 5.32 Å². The molecule has 0 aromatic heterocycles. The Morgan fingerprint density at radius 1 is 1.50 bits per heavy atom. The second-order valence-corrected chi connectivity index (χ2v) is 5.50. The third-order valence-corrected chi connectivity index (χ3v) is 3.52. The molecule has 0 radical (unpaired) electrons. The molecule has 3 heteroatoms. The Morgan fingerprint density at radius 3 is 2.93 bits per heavy atom. The van der Waals surface area contributed by atoms with Crippen LogP contribution < -0.4 is 5.32 Å². The molecule has 0 aliphatic rings. The van der Waals surface area contributed by atoms with Crippen molar-refractivity contribution in [1.29, 1.82) is 0 Å². The monoisotopic (exact) mass is 273 g/mol. The lowest BCUT2D eigenvalue weighted by atomic mass is 10.2. The maximum atomic E-state index is 3.46. The third kappa shape index (κ3) is 4.49. The molecule has 0 amide bonds. The molecule has 0 aliphatic carbocycles. The topological polar surface area (TPSA) is 12.0 Å². The zero-order chi connectivity index (χ0) is 10.4. The molecule has 1 N–H and O–H groups in total. The Balaban J connectivity index is 2.31. The van der Waals surface area contributed by atoms with Gasteiger partial charge in [-0.25, -0.2) is 0 Å². The molecule has 0 fully saturated rings. The molecule has 1 aromatic carbocycles. The van der Waals surface area contributed by atoms with E-state index in [0.29, 0.717) is 5.25 Å². The summed E-state index contributed by atoms with van der Waals surface area (Å²) in [7, 11) is 0. The van der Waals surface area contributed by atoms with Crippen molar-refractivity contribution >= 4 is 27.7 Å². The van der Waals surface area contributed by atoms with Gasteiger partial charge in [-0.05, 0) is 24.0 Å². The molecular formula is C11H16BrNS. The number of thioether (sulfide) groups is 1. The van der Waals surface area contributed by atoms with Gasteiger partial charge in [-0.2, -0.15) is 11.8 Å². The van der Waals surface area contributed by atoms with Crippen molar-refractivity contribution in [2.24, 2.45) is 0 Å². The molecule has 0 saturated carbocycles. The lowest BCUT2D eigenvalue weighted by molar-refractivity contribution is 0.684. The molecule has 78 valence electrons. The number of halogens is 1. The van der Waals surface area contributed by atoms with Crippen LogP contribution in [0.1, 0.15) is 12.5 Å². The molecule has 1 atom stereocenters. The molecule has 14 heavy (non-hydrogen) atoms. The number of benzene rings is 1. The van der Waals surface area contributed by atoms with Crippen molar-refractivity contribution in [2.75, 3.05) is 12.8 Å². The Bertz CT molecular complexity index is 278. The zero-order valence-electron chi connectivity index (χ0n) is 8.59. The van der Waals surface area contributed by atoms with E-state index < -0.39 is 0 Å². The smallest absolute Gasteiger partial charge is 0.0206 e. The maximum Gasteiger partial charge on any atom is 0.0206 e. The summed E-state index contributed by atoms with van der Waals surface area (Å²) >= 11 is 5.36. The van der Waals surface area contributed by atoms with Crippen molar-refractivity contribution < 1.29 is 0 Å². The summed E-state index contributed by atoms with van der Waals surface area (Å²) < 4.78 is 1.15. The van der Waals surface area contributed by atoms with Crippen LogP contribution in [0, 0.1) is 0 Å². The highest BCUT2D eigenvalue weighted by molar-refractivity contribution is 9.10. The van der Waals surface area contributed by atoms with Gasteiger partial charge in [0.15, 0.2) is 0 Å². The summed E-state index contributed by atoms with van der Waals surface area (Å²) in [6.07, 6.45) is 2.14. The van der Waals surface area contributed by atoms with E-state index >= 15 is 0 Å². The Hall–Kier alpha value is 0.01000. The average molecular weight is 274 g/mol. The van der Waals surface area contributed by atoms with Gasteiger partial charge >= 0.3 is 0 Å². The normalized spacial score (nSPS) is 12.8. The highest BCUT2D eigenvalue weighted by Crippen LogP contribution is 2.11. The van der Waals surface area contributed by atoms with Gasteiger partial charge in [0.05, 0.1) is 0 Å². The minimum absolute atomic E-state index is 0.683. The SMILES string of the molecule is CSC(C)CNCc1cccc(Br)c1. The standard InChI is InChI=1S/C11H16BrNS/c1-9(14-2)7-13-8-10-4-3-5-11(12)6-10/h3-6,9,13H,7-8H2,1-2H3. The fraction of sp³-hybridized carbons (Fsp3) is 0.455. The Morgan fingerprint density at radius 2 is 2.29 bits per heavy atom. The quantitative estimate of drug-likeness (QED) is 0.884. The largest absolute Gasteiger partial charge is 0.312 e. The molecule has 0 saturated heterocycles. The molecule has 1 aromatic rings. The first kappa shape index (κ1) is 12.1. The predicted octanol–water partition coefficient (Wildman–Crippen LogP) is 3.29. The summed E-state index contributed by atoms with van der Waals surface area (Å²) in [6, 6.07) is 8.41. The van der Waals surface area contributed by atoms with Crippen LogP contribution in [0.15, 0.2) is 28.7 Å². The summed E-state index contributed by atoms with van der Waals surface area (Å²) in [4.78, 5) is 0. The molecule has 0 bridgehead atoms. The van der Waals surface area contributed by atoms with Crippen molar-refractivity contribution in [2.45, 2.75) is 18.7 Å². The van der Waals surface area contributed by atoms with Crippen LogP contribution in [-0.4, -0.2) is 18.1 Å².